The van der Waals surface area contributed by atoms with Crippen LogP contribution in [0.1, 0.15) is 16.7 Å². The second kappa shape index (κ2) is 12.1. The summed E-state index contributed by atoms with van der Waals surface area (Å²) in [6.07, 6.45) is -3.55. The lowest BCUT2D eigenvalue weighted by molar-refractivity contribution is -0.189. The van der Waals surface area contributed by atoms with Gasteiger partial charge in [0.2, 0.25) is 0 Å². The van der Waals surface area contributed by atoms with Gasteiger partial charge in [0.1, 0.15) is 58.6 Å². The lowest BCUT2D eigenvalue weighted by atomic mass is 10.0. The van der Waals surface area contributed by atoms with Crippen molar-refractivity contribution in [3.8, 4) is 34.5 Å². The van der Waals surface area contributed by atoms with E-state index in [1.165, 1.54) is 6.08 Å². The maximum Gasteiger partial charge on any atom is 0.432 e. The molecular formula is C30H13F11O2. The molecule has 0 aromatic heterocycles. The van der Waals surface area contributed by atoms with Gasteiger partial charge in [-0.2, -0.15) is 8.78 Å². The van der Waals surface area contributed by atoms with Gasteiger partial charge < -0.3 is 9.47 Å². The van der Waals surface area contributed by atoms with Crippen LogP contribution in [0.2, 0.25) is 0 Å². The van der Waals surface area contributed by atoms with E-state index in [0.29, 0.717) is 12.1 Å². The highest BCUT2D eigenvalue weighted by Crippen LogP contribution is 2.36. The fourth-order valence-electron chi connectivity index (χ4n) is 3.75. The Morgan fingerprint density at radius 1 is 0.628 bits per heavy atom. The molecule has 43 heavy (non-hydrogen) atoms. The quantitative estimate of drug-likeness (QED) is 0.0898. The number of ether oxygens (including phenoxy) is 2. The number of halogens is 11. The minimum Gasteiger partial charge on any atom is -0.489 e. The molecule has 0 heterocycles. The molecular weight excluding hydrogens is 601 g/mol. The summed E-state index contributed by atoms with van der Waals surface area (Å²) >= 11 is 0. The zero-order chi connectivity index (χ0) is 31.6. The molecule has 0 aliphatic carbocycles. The van der Waals surface area contributed by atoms with Crippen LogP contribution in [0.25, 0.3) is 11.1 Å². The fourth-order valence-corrected chi connectivity index (χ4v) is 3.75. The Kier molecular flexibility index (Phi) is 8.70. The molecule has 0 amide bonds. The van der Waals surface area contributed by atoms with Crippen LogP contribution >= 0.6 is 0 Å². The molecule has 0 fully saturated rings. The molecule has 0 bridgehead atoms. The van der Waals surface area contributed by atoms with E-state index in [1.807, 2.05) is 11.8 Å². The normalized spacial score (nSPS) is 11.1. The molecule has 4 rings (SSSR count). The second-order valence-electron chi connectivity index (χ2n) is 8.56. The third kappa shape index (κ3) is 6.58. The predicted octanol–water partition coefficient (Wildman–Crippen LogP) is 8.70. The Hall–Kier alpha value is -4.99. The van der Waals surface area contributed by atoms with E-state index in [0.717, 1.165) is 12.1 Å². The minimum atomic E-state index is -4.87. The van der Waals surface area contributed by atoms with Gasteiger partial charge in [-0.1, -0.05) is 24.5 Å². The molecule has 0 atom stereocenters. The monoisotopic (exact) mass is 614 g/mol. The van der Waals surface area contributed by atoms with E-state index in [-0.39, 0.29) is 36.6 Å². The van der Waals surface area contributed by atoms with Crippen LogP contribution in [0.15, 0.2) is 61.2 Å². The van der Waals surface area contributed by atoms with Crippen LogP contribution in [-0.2, 0) is 6.11 Å². The Morgan fingerprint density at radius 2 is 1.14 bits per heavy atom. The van der Waals surface area contributed by atoms with Crippen molar-refractivity contribution in [1.29, 1.82) is 0 Å². The first-order valence-corrected chi connectivity index (χ1v) is 11.7. The van der Waals surface area contributed by atoms with Crippen molar-refractivity contribution in [3.05, 3.63) is 130 Å². The van der Waals surface area contributed by atoms with Gasteiger partial charge in [0.05, 0.1) is 11.1 Å². The van der Waals surface area contributed by atoms with E-state index < -0.39 is 92.0 Å². The lowest BCUT2D eigenvalue weighted by Gasteiger charge is -2.19. The number of alkyl halides is 2. The van der Waals surface area contributed by atoms with Crippen molar-refractivity contribution in [2.75, 3.05) is 6.61 Å². The van der Waals surface area contributed by atoms with Crippen LogP contribution in [-0.4, -0.2) is 6.61 Å². The van der Waals surface area contributed by atoms with E-state index in [9.17, 15) is 48.3 Å². The van der Waals surface area contributed by atoms with Gasteiger partial charge >= 0.3 is 6.11 Å². The van der Waals surface area contributed by atoms with Crippen molar-refractivity contribution in [1.82, 2.24) is 0 Å². The summed E-state index contributed by atoms with van der Waals surface area (Å²) in [6, 6.07) is 3.19. The first kappa shape index (κ1) is 31.0. The summed E-state index contributed by atoms with van der Waals surface area (Å²) in [5.74, 6) is -12.7. The van der Waals surface area contributed by atoms with Crippen LogP contribution in [0.3, 0.4) is 0 Å². The molecule has 0 aliphatic rings. The molecule has 222 valence electrons. The summed E-state index contributed by atoms with van der Waals surface area (Å²) in [7, 11) is 0. The fraction of sp³-hybridized carbons (Fsp3) is 0.0667. The molecule has 0 N–H and O–H groups in total. The zero-order valence-corrected chi connectivity index (χ0v) is 21.1. The average Bonchev–Trinajstić information content (AvgIpc) is 2.89. The van der Waals surface area contributed by atoms with Crippen LogP contribution < -0.4 is 9.47 Å². The highest BCUT2D eigenvalue weighted by Gasteiger charge is 2.41. The van der Waals surface area contributed by atoms with E-state index in [1.54, 1.807) is 0 Å². The SMILES string of the molecule is C=CCOc1cc(F)c(-c2cc(F)c(C#Cc3cc(F)c(C(F)(F)Oc4cc(F)c(F)c(F)c4)c(F)c3)c(F)c2)c(F)c1. The number of hydrogen-bond acceptors (Lipinski definition) is 2. The van der Waals surface area contributed by atoms with Crippen LogP contribution in [0, 0.1) is 64.2 Å². The molecule has 0 saturated carbocycles. The summed E-state index contributed by atoms with van der Waals surface area (Å²) in [6.45, 7) is 3.31. The van der Waals surface area contributed by atoms with Gasteiger partial charge in [-0.05, 0) is 29.8 Å². The van der Waals surface area contributed by atoms with Crippen LogP contribution in [0.4, 0.5) is 48.3 Å². The van der Waals surface area contributed by atoms with Gasteiger partial charge in [0.25, 0.3) is 0 Å². The third-order valence-corrected chi connectivity index (χ3v) is 5.58. The number of hydrogen-bond donors (Lipinski definition) is 0. The highest BCUT2D eigenvalue weighted by molar-refractivity contribution is 5.67. The van der Waals surface area contributed by atoms with E-state index >= 15 is 0 Å². The molecule has 0 spiro atoms. The van der Waals surface area contributed by atoms with Crippen molar-refractivity contribution in [3.63, 3.8) is 0 Å². The molecule has 0 aliphatic heterocycles. The highest BCUT2D eigenvalue weighted by atomic mass is 19.3. The maximum absolute atomic E-state index is 14.7. The molecule has 0 radical (unpaired) electrons. The number of benzene rings is 4. The zero-order valence-electron chi connectivity index (χ0n) is 21.1. The van der Waals surface area contributed by atoms with Crippen molar-refractivity contribution < 1.29 is 57.8 Å². The molecule has 4 aromatic carbocycles. The number of rotatable bonds is 7. The average molecular weight is 614 g/mol. The summed E-state index contributed by atoms with van der Waals surface area (Å²) in [5.41, 5.74) is -5.06. The molecule has 0 saturated heterocycles. The van der Waals surface area contributed by atoms with Gasteiger partial charge in [-0.15, -0.1) is 0 Å². The molecule has 0 unspecified atom stereocenters. The Bertz CT molecular complexity index is 1710. The molecule has 13 heteroatoms. The topological polar surface area (TPSA) is 18.5 Å². The van der Waals surface area contributed by atoms with Crippen LogP contribution in [0.5, 0.6) is 11.5 Å². The molecule has 2 nitrogen and oxygen atoms in total. The standard InChI is InChI=1S/C30H13F11O2/c1-2-5-42-16-10-21(33)27(22(34)11-16)15-8-19(31)18(20(32)9-15)4-3-14-6-23(35)28(24(36)7-14)30(40,41)43-17-12-25(37)29(39)26(38)13-17/h2,6-13H,1,5H2. The van der Waals surface area contributed by atoms with E-state index in [4.69, 9.17) is 4.74 Å². The lowest BCUT2D eigenvalue weighted by Crippen LogP contribution is -2.25. The largest absolute Gasteiger partial charge is 0.489 e. The summed E-state index contributed by atoms with van der Waals surface area (Å²) < 4.78 is 165. The maximum atomic E-state index is 14.7. The third-order valence-electron chi connectivity index (χ3n) is 5.58. The first-order chi connectivity index (χ1) is 20.2. The predicted molar refractivity (Wildman–Crippen MR) is 131 cm³/mol. The van der Waals surface area contributed by atoms with E-state index in [2.05, 4.69) is 11.3 Å². The Labute approximate surface area is 235 Å². The van der Waals surface area contributed by atoms with Gasteiger partial charge in [-0.25, -0.2) is 39.5 Å². The summed E-state index contributed by atoms with van der Waals surface area (Å²) in [4.78, 5) is 0. The smallest absolute Gasteiger partial charge is 0.432 e. The second-order valence-corrected chi connectivity index (χ2v) is 8.56. The Morgan fingerprint density at radius 3 is 1.65 bits per heavy atom. The first-order valence-electron chi connectivity index (χ1n) is 11.7. The van der Waals surface area contributed by atoms with Crippen molar-refractivity contribution >= 4 is 0 Å². The van der Waals surface area contributed by atoms with Crippen molar-refractivity contribution in [2.24, 2.45) is 0 Å². The molecule has 4 aromatic rings. The Balaban J connectivity index is 1.63. The van der Waals surface area contributed by atoms with Gasteiger partial charge in [0, 0.05) is 29.8 Å². The minimum absolute atomic E-state index is 0.0208. The van der Waals surface area contributed by atoms with Gasteiger partial charge in [0.15, 0.2) is 17.5 Å². The van der Waals surface area contributed by atoms with Crippen molar-refractivity contribution in [2.45, 2.75) is 6.11 Å². The summed E-state index contributed by atoms with van der Waals surface area (Å²) in [5, 5.41) is 0. The van der Waals surface area contributed by atoms with Gasteiger partial charge in [-0.3, -0.25) is 0 Å².